The van der Waals surface area contributed by atoms with Crippen LogP contribution in [0.4, 0.5) is 17.1 Å². The first kappa shape index (κ1) is 60.1. The van der Waals surface area contributed by atoms with E-state index in [4.69, 9.17) is 4.74 Å². The van der Waals surface area contributed by atoms with Crippen molar-refractivity contribution in [1.82, 2.24) is 0 Å². The molecule has 13 heteroatoms. The summed E-state index contributed by atoms with van der Waals surface area (Å²) < 4.78 is 79.6. The van der Waals surface area contributed by atoms with E-state index >= 15 is 0 Å². The molecule has 8 rings (SSSR count). The third-order valence-electron chi connectivity index (χ3n) is 15.9. The smallest absolute Gasteiger partial charge is 0.748 e. The van der Waals surface area contributed by atoms with Gasteiger partial charge in [0.25, 0.3) is 0 Å². The van der Waals surface area contributed by atoms with E-state index in [0.29, 0.717) is 25.9 Å². The largest absolute Gasteiger partial charge is 1.00 e. The van der Waals surface area contributed by atoms with Crippen molar-refractivity contribution < 1.29 is 64.8 Å². The molecular formula is C64H80N3NaO7S2. The zero-order valence-corrected chi connectivity index (χ0v) is 50.5. The minimum Gasteiger partial charge on any atom is -0.748 e. The van der Waals surface area contributed by atoms with Crippen LogP contribution in [-0.2, 0) is 31.1 Å². The summed E-state index contributed by atoms with van der Waals surface area (Å²) in [7, 11) is -8.67. The number of anilines is 2. The van der Waals surface area contributed by atoms with Crippen molar-refractivity contribution in [3.63, 3.8) is 0 Å². The van der Waals surface area contributed by atoms with E-state index in [1.807, 2.05) is 0 Å². The Hall–Kier alpha value is -4.53. The Morgan fingerprint density at radius 2 is 1.23 bits per heavy atom. The van der Waals surface area contributed by atoms with Crippen LogP contribution in [0.1, 0.15) is 149 Å². The average molecular weight is 1090 g/mol. The molecule has 2 aliphatic heterocycles. The fraction of sp³-hybridized carbons (Fsp3) is 0.453. The minimum atomic E-state index is -4.33. The Balaban J connectivity index is 0.00000861. The molecule has 406 valence electrons. The Bertz CT molecular complexity index is 3250. The van der Waals surface area contributed by atoms with E-state index in [0.717, 1.165) is 88.6 Å². The van der Waals surface area contributed by atoms with Gasteiger partial charge in [-0.2, -0.15) is 4.58 Å². The summed E-state index contributed by atoms with van der Waals surface area (Å²) in [6, 6.07) is 34.2. The Morgan fingerprint density at radius 3 is 1.86 bits per heavy atom. The van der Waals surface area contributed by atoms with Gasteiger partial charge in [-0.3, -0.25) is 0 Å². The van der Waals surface area contributed by atoms with E-state index in [9.17, 15) is 25.9 Å². The van der Waals surface area contributed by atoms with Crippen molar-refractivity contribution in [3.05, 3.63) is 155 Å². The molecule has 0 saturated carbocycles. The maximum absolute atomic E-state index is 11.7. The third kappa shape index (κ3) is 14.6. The summed E-state index contributed by atoms with van der Waals surface area (Å²) in [6.45, 7) is 16.7. The van der Waals surface area contributed by atoms with Crippen molar-refractivity contribution in [2.24, 2.45) is 0 Å². The molecule has 0 amide bonds. The van der Waals surface area contributed by atoms with Crippen LogP contribution in [0.5, 0.6) is 5.75 Å². The summed E-state index contributed by atoms with van der Waals surface area (Å²) in [4.78, 5) is 4.87. The zero-order valence-electron chi connectivity index (χ0n) is 46.9. The molecule has 2 heterocycles. The van der Waals surface area contributed by atoms with Crippen LogP contribution in [0.2, 0.25) is 0 Å². The normalized spacial score (nSPS) is 17.3. The second-order valence-electron chi connectivity index (χ2n) is 22.2. The van der Waals surface area contributed by atoms with Gasteiger partial charge in [-0.25, -0.2) is 16.8 Å². The molecule has 5 aromatic carbocycles. The molecule has 0 aromatic heterocycles. The predicted molar refractivity (Wildman–Crippen MR) is 312 cm³/mol. The predicted octanol–water partition coefficient (Wildman–Crippen LogP) is 11.7. The topological polar surface area (TPSA) is 133 Å². The van der Waals surface area contributed by atoms with Crippen molar-refractivity contribution in [1.29, 1.82) is 0 Å². The summed E-state index contributed by atoms with van der Waals surface area (Å²) >= 11 is 0. The monoisotopic (exact) mass is 1090 g/mol. The van der Waals surface area contributed by atoms with Crippen LogP contribution in [0.3, 0.4) is 0 Å². The van der Waals surface area contributed by atoms with Gasteiger partial charge in [-0.15, -0.1) is 0 Å². The number of rotatable bonds is 26. The maximum atomic E-state index is 11.7. The number of benzene rings is 5. The van der Waals surface area contributed by atoms with E-state index < -0.39 is 31.1 Å². The van der Waals surface area contributed by atoms with Crippen LogP contribution in [0, 0.1) is 0 Å². The van der Waals surface area contributed by atoms with Crippen LogP contribution in [0.25, 0.3) is 21.5 Å². The molecule has 0 spiro atoms. The molecule has 0 bridgehead atoms. The Kier molecular flexibility index (Phi) is 20.8. The molecule has 10 nitrogen and oxygen atoms in total. The van der Waals surface area contributed by atoms with E-state index in [2.05, 4.69) is 177 Å². The van der Waals surface area contributed by atoms with Crippen LogP contribution in [-0.4, -0.2) is 73.9 Å². The maximum Gasteiger partial charge on any atom is 1.00 e. The molecule has 0 radical (unpaired) electrons. The van der Waals surface area contributed by atoms with Crippen LogP contribution in [0.15, 0.2) is 144 Å². The molecule has 0 fully saturated rings. The van der Waals surface area contributed by atoms with Gasteiger partial charge in [-0.1, -0.05) is 127 Å². The Morgan fingerprint density at radius 1 is 0.636 bits per heavy atom. The number of hydrogen-bond acceptors (Lipinski definition) is 9. The van der Waals surface area contributed by atoms with Gasteiger partial charge in [0, 0.05) is 77.8 Å². The Labute approximate surface area is 482 Å². The van der Waals surface area contributed by atoms with Crippen LogP contribution >= 0.6 is 0 Å². The molecule has 0 unspecified atom stereocenters. The molecule has 0 saturated heterocycles. The van der Waals surface area contributed by atoms with Gasteiger partial charge >= 0.3 is 29.6 Å². The van der Waals surface area contributed by atoms with Crippen LogP contribution < -0.4 is 44.1 Å². The first-order valence-electron chi connectivity index (χ1n) is 28.1. The first-order chi connectivity index (χ1) is 36.4. The minimum absolute atomic E-state index is 0. The SMILES string of the molecule is CCCCCCN(CCCCCC)c1ccc(OC2=C(/C=C/C3=[N+](CCCCS(=O)(=O)[O-])c4ccc5ccccc5c4C3(C)C)CCC/C2=C\C=C2/N(CCCCS(=O)(=O)[O-])c3ccc4ccccc4c3C2(C)C)cc1.[Na+]. The standard InChI is InChI=1S/C64H81N3O7S2.Na/c1-7-9-11-17-42-65(43-18-12-10-8-2)52-34-36-53(37-35-52)74-62-50(32-40-58-63(3,4)60-54-28-15-13-24-48(54)30-38-56(60)66(58)44-19-21-46-75(68,69)70)26-23-27-51(62)33-41-59-64(5,6)61-55-29-16-14-25-49(55)31-39-57(61)67(59)45-20-22-47-76(71,72)73;/h13-16,24-25,28-41H,7-12,17-23,26-27,42-47H2,1-6H3,(H-,68,69,70,71,72,73);/q;+1/p-1. The summed E-state index contributed by atoms with van der Waals surface area (Å²) in [5.74, 6) is 0.804. The first-order valence-corrected chi connectivity index (χ1v) is 31.3. The van der Waals surface area contributed by atoms with Crippen molar-refractivity contribution in [2.75, 3.05) is 47.5 Å². The summed E-state index contributed by atoms with van der Waals surface area (Å²) in [5, 5.41) is 4.67. The molecule has 5 aromatic rings. The fourth-order valence-corrected chi connectivity index (χ4v) is 13.1. The molecule has 1 aliphatic carbocycles. The molecule has 0 atom stereocenters. The van der Waals surface area contributed by atoms with Gasteiger partial charge in [0.2, 0.25) is 5.69 Å². The fourth-order valence-electron chi connectivity index (χ4n) is 12.0. The number of ether oxygens (including phenoxy) is 1. The second-order valence-corrected chi connectivity index (χ2v) is 25.3. The number of nitrogens with zero attached hydrogens (tertiary/aromatic N) is 3. The van der Waals surface area contributed by atoms with Gasteiger partial charge in [0.05, 0.1) is 25.7 Å². The van der Waals surface area contributed by atoms with Gasteiger partial charge < -0.3 is 23.6 Å². The van der Waals surface area contributed by atoms with Gasteiger partial charge in [0.1, 0.15) is 18.1 Å². The van der Waals surface area contributed by atoms with E-state index in [1.165, 1.54) is 79.0 Å². The number of fused-ring (bicyclic) bond motifs is 6. The summed E-state index contributed by atoms with van der Waals surface area (Å²) in [6.07, 6.45) is 22.8. The van der Waals surface area contributed by atoms with E-state index in [1.54, 1.807) is 0 Å². The van der Waals surface area contributed by atoms with Gasteiger partial charge in [0.15, 0.2) is 5.71 Å². The van der Waals surface area contributed by atoms with Crippen molar-refractivity contribution in [2.45, 2.75) is 149 Å². The summed E-state index contributed by atoms with van der Waals surface area (Å²) in [5.41, 5.74) is 9.33. The molecular weight excluding hydrogens is 1010 g/mol. The third-order valence-corrected chi connectivity index (χ3v) is 17.5. The molecule has 77 heavy (non-hydrogen) atoms. The number of allylic oxidation sites excluding steroid dienone is 7. The number of hydrogen-bond donors (Lipinski definition) is 0. The quantitative estimate of drug-likeness (QED) is 0.0230. The van der Waals surface area contributed by atoms with Crippen molar-refractivity contribution in [3.8, 4) is 5.75 Å². The van der Waals surface area contributed by atoms with Crippen molar-refractivity contribution >= 4 is 64.6 Å². The molecule has 0 N–H and O–H groups in total. The molecule has 3 aliphatic rings. The second kappa shape index (κ2) is 26.6. The van der Waals surface area contributed by atoms with E-state index in [-0.39, 0.29) is 53.9 Å². The number of unbranched alkanes of at least 4 members (excludes halogenated alkanes) is 8. The zero-order chi connectivity index (χ0) is 54.1. The average Bonchev–Trinajstić information content (AvgIpc) is 3.79. The van der Waals surface area contributed by atoms with Gasteiger partial charge in [-0.05, 0) is 152 Å².